The van der Waals surface area contributed by atoms with Gasteiger partial charge in [-0.1, -0.05) is 13.8 Å². The van der Waals surface area contributed by atoms with Crippen LogP contribution in [0.15, 0.2) is 43.0 Å². The van der Waals surface area contributed by atoms with E-state index in [1.54, 1.807) is 18.6 Å². The van der Waals surface area contributed by atoms with Crippen LogP contribution in [-0.4, -0.2) is 24.7 Å². The lowest BCUT2D eigenvalue weighted by Crippen LogP contribution is -2.08. The molecule has 0 saturated carbocycles. The van der Waals surface area contributed by atoms with Crippen molar-refractivity contribution in [3.8, 4) is 11.4 Å². The molecule has 0 unspecified atom stereocenters. The molecule has 0 atom stereocenters. The van der Waals surface area contributed by atoms with E-state index in [0.29, 0.717) is 12.4 Å². The fraction of sp³-hybridized carbons (Fsp3) is 0.294. The quantitative estimate of drug-likeness (QED) is 0.724. The first-order valence-corrected chi connectivity index (χ1v) is 7.55. The Balaban J connectivity index is 1.93. The smallest absolute Gasteiger partial charge is 0.170 e. The molecule has 0 radical (unpaired) electrons. The molecule has 118 valence electrons. The second kappa shape index (κ2) is 6.56. The topological polar surface area (TPSA) is 65.7 Å². The van der Waals surface area contributed by atoms with Gasteiger partial charge in [-0.2, -0.15) is 5.10 Å². The Morgan fingerprint density at radius 1 is 1.13 bits per heavy atom. The first kappa shape index (κ1) is 15.1. The van der Waals surface area contributed by atoms with Crippen molar-refractivity contribution in [1.29, 1.82) is 0 Å². The monoisotopic (exact) mass is 309 g/mol. The van der Waals surface area contributed by atoms with Crippen LogP contribution in [0.2, 0.25) is 0 Å². The van der Waals surface area contributed by atoms with Crippen molar-refractivity contribution in [2.75, 3.05) is 0 Å². The fourth-order valence-electron chi connectivity index (χ4n) is 2.18. The summed E-state index contributed by atoms with van der Waals surface area (Å²) in [6, 6.07) is 5.64. The molecular weight excluding hydrogens is 290 g/mol. The molecule has 6 heteroatoms. The minimum absolute atomic E-state index is 0.246. The summed E-state index contributed by atoms with van der Waals surface area (Å²) in [7, 11) is 0. The molecule has 0 aliphatic heterocycles. The highest BCUT2D eigenvalue weighted by molar-refractivity contribution is 5.37. The molecule has 3 heterocycles. The van der Waals surface area contributed by atoms with E-state index in [0.717, 1.165) is 22.9 Å². The minimum Gasteiger partial charge on any atom is -0.484 e. The molecule has 3 rings (SSSR count). The van der Waals surface area contributed by atoms with Gasteiger partial charge >= 0.3 is 0 Å². The Bertz CT molecular complexity index is 783. The zero-order valence-corrected chi connectivity index (χ0v) is 13.5. The average molecular weight is 309 g/mol. The van der Waals surface area contributed by atoms with Crippen LogP contribution >= 0.6 is 0 Å². The Morgan fingerprint density at radius 3 is 2.65 bits per heavy atom. The summed E-state index contributed by atoms with van der Waals surface area (Å²) in [4.78, 5) is 12.8. The Labute approximate surface area is 135 Å². The van der Waals surface area contributed by atoms with Crippen molar-refractivity contribution in [1.82, 2.24) is 24.7 Å². The van der Waals surface area contributed by atoms with Crippen molar-refractivity contribution in [2.24, 2.45) is 0 Å². The van der Waals surface area contributed by atoms with Crippen LogP contribution in [0.1, 0.15) is 37.0 Å². The van der Waals surface area contributed by atoms with E-state index in [2.05, 4.69) is 33.9 Å². The molecule has 0 saturated heterocycles. The first-order chi connectivity index (χ1) is 11.1. The maximum Gasteiger partial charge on any atom is 0.170 e. The molecule has 0 aliphatic rings. The second-order valence-electron chi connectivity index (χ2n) is 5.59. The van der Waals surface area contributed by atoms with Gasteiger partial charge in [-0.05, 0) is 30.7 Å². The molecule has 0 bridgehead atoms. The van der Waals surface area contributed by atoms with Crippen molar-refractivity contribution >= 4 is 0 Å². The highest BCUT2D eigenvalue weighted by Crippen LogP contribution is 2.18. The number of pyridine rings is 2. The summed E-state index contributed by atoms with van der Waals surface area (Å²) in [6.07, 6.45) is 6.97. The number of hydrogen-bond acceptors (Lipinski definition) is 5. The van der Waals surface area contributed by atoms with E-state index in [4.69, 9.17) is 4.74 Å². The predicted octanol–water partition coefficient (Wildman–Crippen LogP) is 3.07. The van der Waals surface area contributed by atoms with Crippen LogP contribution in [0.3, 0.4) is 0 Å². The van der Waals surface area contributed by atoms with Gasteiger partial charge in [0, 0.05) is 24.5 Å². The number of aromatic nitrogens is 5. The van der Waals surface area contributed by atoms with E-state index in [9.17, 15) is 0 Å². The van der Waals surface area contributed by atoms with E-state index in [1.165, 1.54) is 0 Å². The SMILES string of the molecule is Cc1cnccc1-n1nc(C(C)C)nc1COc1cccnc1. The summed E-state index contributed by atoms with van der Waals surface area (Å²) in [5.74, 6) is 2.51. The summed E-state index contributed by atoms with van der Waals surface area (Å²) < 4.78 is 7.62. The average Bonchev–Trinajstić information content (AvgIpc) is 2.99. The zero-order chi connectivity index (χ0) is 16.2. The van der Waals surface area contributed by atoms with Gasteiger partial charge in [0.15, 0.2) is 11.6 Å². The molecule has 0 N–H and O–H groups in total. The summed E-state index contributed by atoms with van der Waals surface area (Å²) in [5.41, 5.74) is 2.00. The van der Waals surface area contributed by atoms with E-state index >= 15 is 0 Å². The van der Waals surface area contributed by atoms with Gasteiger partial charge in [0.1, 0.15) is 12.4 Å². The standard InChI is InChI=1S/C17H19N5O/c1-12(2)17-20-16(11-23-14-5-4-7-18-10-14)22(21-17)15-6-8-19-9-13(15)3/h4-10,12H,11H2,1-3H3. The number of hydrogen-bond donors (Lipinski definition) is 0. The normalized spacial score (nSPS) is 11.0. The second-order valence-corrected chi connectivity index (χ2v) is 5.59. The fourth-order valence-corrected chi connectivity index (χ4v) is 2.18. The van der Waals surface area contributed by atoms with Crippen molar-refractivity contribution in [2.45, 2.75) is 33.3 Å². The number of rotatable bonds is 5. The first-order valence-electron chi connectivity index (χ1n) is 7.55. The Hall–Kier alpha value is -2.76. The maximum absolute atomic E-state index is 5.79. The molecule has 0 amide bonds. The highest BCUT2D eigenvalue weighted by Gasteiger charge is 2.16. The lowest BCUT2D eigenvalue weighted by Gasteiger charge is -2.09. The molecule has 23 heavy (non-hydrogen) atoms. The molecule has 0 aromatic carbocycles. The highest BCUT2D eigenvalue weighted by atomic mass is 16.5. The maximum atomic E-state index is 5.79. The molecule has 6 nitrogen and oxygen atoms in total. The molecular formula is C17H19N5O. The molecule has 0 spiro atoms. The lowest BCUT2D eigenvalue weighted by atomic mass is 10.2. The third kappa shape index (κ3) is 3.36. The van der Waals surface area contributed by atoms with E-state index < -0.39 is 0 Å². The van der Waals surface area contributed by atoms with E-state index in [-0.39, 0.29) is 5.92 Å². The summed E-state index contributed by atoms with van der Waals surface area (Å²) >= 11 is 0. The van der Waals surface area contributed by atoms with Crippen LogP contribution < -0.4 is 4.74 Å². The van der Waals surface area contributed by atoms with Crippen LogP contribution in [0.5, 0.6) is 5.75 Å². The minimum atomic E-state index is 0.246. The zero-order valence-electron chi connectivity index (χ0n) is 13.5. The Kier molecular flexibility index (Phi) is 4.32. The molecule has 0 fully saturated rings. The predicted molar refractivity (Wildman–Crippen MR) is 86.5 cm³/mol. The number of ether oxygens (including phenoxy) is 1. The van der Waals surface area contributed by atoms with Gasteiger partial charge < -0.3 is 4.74 Å². The van der Waals surface area contributed by atoms with Crippen LogP contribution in [0.25, 0.3) is 5.69 Å². The third-order valence-corrected chi connectivity index (χ3v) is 3.43. The van der Waals surface area contributed by atoms with Crippen LogP contribution in [0.4, 0.5) is 0 Å². The van der Waals surface area contributed by atoms with Gasteiger partial charge in [-0.3, -0.25) is 9.97 Å². The van der Waals surface area contributed by atoms with E-state index in [1.807, 2.05) is 36.0 Å². The summed E-state index contributed by atoms with van der Waals surface area (Å²) in [6.45, 7) is 6.48. The number of aryl methyl sites for hydroxylation is 1. The summed E-state index contributed by atoms with van der Waals surface area (Å²) in [5, 5.41) is 4.64. The lowest BCUT2D eigenvalue weighted by molar-refractivity contribution is 0.291. The van der Waals surface area contributed by atoms with Crippen molar-refractivity contribution < 1.29 is 4.74 Å². The third-order valence-electron chi connectivity index (χ3n) is 3.43. The van der Waals surface area contributed by atoms with Crippen LogP contribution in [0, 0.1) is 6.92 Å². The van der Waals surface area contributed by atoms with Gasteiger partial charge in [-0.15, -0.1) is 0 Å². The van der Waals surface area contributed by atoms with Crippen LogP contribution in [-0.2, 0) is 6.61 Å². The largest absolute Gasteiger partial charge is 0.484 e. The van der Waals surface area contributed by atoms with Gasteiger partial charge in [0.2, 0.25) is 0 Å². The van der Waals surface area contributed by atoms with Crippen molar-refractivity contribution in [3.05, 3.63) is 60.2 Å². The Morgan fingerprint density at radius 2 is 1.96 bits per heavy atom. The molecule has 3 aromatic rings. The number of nitrogens with zero attached hydrogens (tertiary/aromatic N) is 5. The molecule has 0 aliphatic carbocycles. The van der Waals surface area contributed by atoms with Gasteiger partial charge in [-0.25, -0.2) is 9.67 Å². The van der Waals surface area contributed by atoms with Crippen molar-refractivity contribution in [3.63, 3.8) is 0 Å². The van der Waals surface area contributed by atoms with Gasteiger partial charge in [0.25, 0.3) is 0 Å². The molecule has 3 aromatic heterocycles. The van der Waals surface area contributed by atoms with Gasteiger partial charge in [0.05, 0.1) is 11.9 Å².